The highest BCUT2D eigenvalue weighted by Crippen LogP contribution is 2.26. The third kappa shape index (κ3) is 3.44. The molecule has 2 nitrogen and oxygen atoms in total. The van der Waals surface area contributed by atoms with Gasteiger partial charge in [-0.3, -0.25) is 4.90 Å². The van der Waals surface area contributed by atoms with Gasteiger partial charge >= 0.3 is 0 Å². The molecule has 1 aromatic carbocycles. The molecular weight excluding hydrogens is 253 g/mol. The number of rotatable bonds is 5. The predicted molar refractivity (Wildman–Crippen MR) is 71.2 cm³/mol. The lowest BCUT2D eigenvalue weighted by molar-refractivity contribution is 0.210. The van der Waals surface area contributed by atoms with E-state index in [1.54, 1.807) is 6.07 Å². The smallest absolute Gasteiger partial charge is 0.123 e. The first-order valence-electron chi connectivity index (χ1n) is 6.49. The van der Waals surface area contributed by atoms with Crippen molar-refractivity contribution >= 4 is 11.6 Å². The van der Waals surface area contributed by atoms with Crippen molar-refractivity contribution in [3.8, 4) is 0 Å². The SMILES string of the molecule is OCCCC1CCCN1Cc1cc(F)ccc1Cl. The number of aliphatic hydroxyl groups excluding tert-OH is 1. The Morgan fingerprint density at radius 2 is 2.28 bits per heavy atom. The molecule has 0 radical (unpaired) electrons. The molecule has 0 bridgehead atoms. The summed E-state index contributed by atoms with van der Waals surface area (Å²) in [5.74, 6) is -0.236. The number of aliphatic hydroxyl groups is 1. The summed E-state index contributed by atoms with van der Waals surface area (Å²) in [6.07, 6.45) is 4.16. The van der Waals surface area contributed by atoms with Gasteiger partial charge in [-0.05, 0) is 56.0 Å². The zero-order valence-corrected chi connectivity index (χ0v) is 11.2. The van der Waals surface area contributed by atoms with Gasteiger partial charge in [0.2, 0.25) is 0 Å². The maximum absolute atomic E-state index is 13.2. The fraction of sp³-hybridized carbons (Fsp3) is 0.571. The molecule has 0 aliphatic carbocycles. The van der Waals surface area contributed by atoms with Gasteiger partial charge in [-0.2, -0.15) is 0 Å². The highest BCUT2D eigenvalue weighted by molar-refractivity contribution is 6.31. The van der Waals surface area contributed by atoms with E-state index in [0.29, 0.717) is 17.6 Å². The molecule has 18 heavy (non-hydrogen) atoms. The van der Waals surface area contributed by atoms with Crippen LogP contribution in [0.15, 0.2) is 18.2 Å². The molecule has 100 valence electrons. The van der Waals surface area contributed by atoms with Crippen molar-refractivity contribution in [3.05, 3.63) is 34.6 Å². The Bertz CT molecular complexity index is 399. The van der Waals surface area contributed by atoms with E-state index >= 15 is 0 Å². The Kier molecular flexibility index (Phi) is 4.98. The third-order valence-electron chi connectivity index (χ3n) is 3.58. The fourth-order valence-electron chi connectivity index (χ4n) is 2.64. The normalized spacial score (nSPS) is 20.5. The van der Waals surface area contributed by atoms with Crippen LogP contribution in [0, 0.1) is 5.82 Å². The van der Waals surface area contributed by atoms with Crippen LogP contribution in [-0.4, -0.2) is 29.2 Å². The molecule has 0 amide bonds. The van der Waals surface area contributed by atoms with E-state index in [0.717, 1.165) is 31.4 Å². The van der Waals surface area contributed by atoms with Crippen LogP contribution in [0.5, 0.6) is 0 Å². The van der Waals surface area contributed by atoms with Crippen LogP contribution in [0.4, 0.5) is 4.39 Å². The van der Waals surface area contributed by atoms with E-state index in [2.05, 4.69) is 4.90 Å². The van der Waals surface area contributed by atoms with E-state index in [1.807, 2.05) is 0 Å². The second kappa shape index (κ2) is 6.50. The largest absolute Gasteiger partial charge is 0.396 e. The van der Waals surface area contributed by atoms with Gasteiger partial charge in [-0.1, -0.05) is 11.6 Å². The van der Waals surface area contributed by atoms with Crippen molar-refractivity contribution in [3.63, 3.8) is 0 Å². The first kappa shape index (κ1) is 13.8. The zero-order chi connectivity index (χ0) is 13.0. The third-order valence-corrected chi connectivity index (χ3v) is 3.94. The first-order chi connectivity index (χ1) is 8.70. The van der Waals surface area contributed by atoms with Gasteiger partial charge in [-0.15, -0.1) is 0 Å². The van der Waals surface area contributed by atoms with Crippen LogP contribution in [0.25, 0.3) is 0 Å². The van der Waals surface area contributed by atoms with E-state index < -0.39 is 0 Å². The summed E-state index contributed by atoms with van der Waals surface area (Å²) in [5, 5.41) is 9.52. The van der Waals surface area contributed by atoms with Crippen molar-refractivity contribution in [1.82, 2.24) is 4.90 Å². The average molecular weight is 272 g/mol. The number of likely N-dealkylation sites (tertiary alicyclic amines) is 1. The summed E-state index contributed by atoms with van der Waals surface area (Å²) in [6, 6.07) is 5.02. The summed E-state index contributed by atoms with van der Waals surface area (Å²) < 4.78 is 13.2. The molecule has 1 aliphatic heterocycles. The molecule has 1 aromatic rings. The first-order valence-corrected chi connectivity index (χ1v) is 6.87. The van der Waals surface area contributed by atoms with Gasteiger partial charge in [0.25, 0.3) is 0 Å². The van der Waals surface area contributed by atoms with Gasteiger partial charge in [0.15, 0.2) is 0 Å². The van der Waals surface area contributed by atoms with E-state index in [9.17, 15) is 4.39 Å². The minimum absolute atomic E-state index is 0.236. The molecule has 0 spiro atoms. The second-order valence-corrected chi connectivity index (χ2v) is 5.28. The monoisotopic (exact) mass is 271 g/mol. The number of benzene rings is 1. The van der Waals surface area contributed by atoms with Gasteiger partial charge in [0.05, 0.1) is 0 Å². The number of halogens is 2. The summed E-state index contributed by atoms with van der Waals surface area (Å²) in [7, 11) is 0. The predicted octanol–water partition coefficient (Wildman–Crippen LogP) is 3.22. The maximum atomic E-state index is 13.2. The molecule has 0 aromatic heterocycles. The lowest BCUT2D eigenvalue weighted by atomic mass is 10.1. The molecule has 1 N–H and O–H groups in total. The quantitative estimate of drug-likeness (QED) is 0.889. The minimum atomic E-state index is -0.236. The molecule has 1 aliphatic rings. The van der Waals surface area contributed by atoms with Crippen LogP contribution in [-0.2, 0) is 6.54 Å². The molecule has 4 heteroatoms. The van der Waals surface area contributed by atoms with E-state index in [4.69, 9.17) is 16.7 Å². The van der Waals surface area contributed by atoms with Gasteiger partial charge in [0.1, 0.15) is 5.82 Å². The van der Waals surface area contributed by atoms with Crippen LogP contribution in [0.1, 0.15) is 31.2 Å². The highest BCUT2D eigenvalue weighted by atomic mass is 35.5. The van der Waals surface area contributed by atoms with Gasteiger partial charge in [0, 0.05) is 24.2 Å². The van der Waals surface area contributed by atoms with Crippen molar-refractivity contribution < 1.29 is 9.50 Å². The standard InChI is InChI=1S/C14H19ClFNO/c15-14-6-5-12(16)9-11(14)10-17-7-1-3-13(17)4-2-8-18/h5-6,9,13,18H,1-4,7-8,10H2. The Hall–Kier alpha value is -0.640. The Morgan fingerprint density at radius 1 is 1.44 bits per heavy atom. The second-order valence-electron chi connectivity index (χ2n) is 4.87. The average Bonchev–Trinajstić information content (AvgIpc) is 2.79. The van der Waals surface area contributed by atoms with Crippen molar-refractivity contribution in [2.75, 3.05) is 13.2 Å². The van der Waals surface area contributed by atoms with Crippen LogP contribution >= 0.6 is 11.6 Å². The van der Waals surface area contributed by atoms with Crippen molar-refractivity contribution in [2.45, 2.75) is 38.3 Å². The lowest BCUT2D eigenvalue weighted by Crippen LogP contribution is -2.29. The van der Waals surface area contributed by atoms with Crippen molar-refractivity contribution in [1.29, 1.82) is 0 Å². The summed E-state index contributed by atoms with van der Waals surface area (Å²) >= 11 is 6.09. The Labute approximate surface area is 112 Å². The fourth-order valence-corrected chi connectivity index (χ4v) is 2.82. The minimum Gasteiger partial charge on any atom is -0.396 e. The maximum Gasteiger partial charge on any atom is 0.123 e. The van der Waals surface area contributed by atoms with E-state index in [1.165, 1.54) is 18.6 Å². The molecule has 1 unspecified atom stereocenters. The van der Waals surface area contributed by atoms with Crippen molar-refractivity contribution in [2.24, 2.45) is 0 Å². The number of hydrogen-bond acceptors (Lipinski definition) is 2. The molecule has 2 rings (SSSR count). The van der Waals surface area contributed by atoms with Crippen LogP contribution in [0.3, 0.4) is 0 Å². The zero-order valence-electron chi connectivity index (χ0n) is 10.4. The summed E-state index contributed by atoms with van der Waals surface area (Å²) in [6.45, 7) is 1.97. The molecule has 0 saturated carbocycles. The number of hydrogen-bond donors (Lipinski definition) is 1. The Morgan fingerprint density at radius 3 is 3.06 bits per heavy atom. The van der Waals surface area contributed by atoms with Crippen LogP contribution < -0.4 is 0 Å². The van der Waals surface area contributed by atoms with Gasteiger partial charge in [-0.25, -0.2) is 4.39 Å². The molecule has 1 heterocycles. The lowest BCUT2D eigenvalue weighted by Gasteiger charge is -2.24. The van der Waals surface area contributed by atoms with Gasteiger partial charge < -0.3 is 5.11 Å². The van der Waals surface area contributed by atoms with Crippen LogP contribution in [0.2, 0.25) is 5.02 Å². The Balaban J connectivity index is 2.01. The molecule has 1 saturated heterocycles. The van der Waals surface area contributed by atoms with E-state index in [-0.39, 0.29) is 12.4 Å². The highest BCUT2D eigenvalue weighted by Gasteiger charge is 2.24. The summed E-state index contributed by atoms with van der Waals surface area (Å²) in [4.78, 5) is 2.34. The topological polar surface area (TPSA) is 23.5 Å². The molecule has 1 atom stereocenters. The number of nitrogens with zero attached hydrogens (tertiary/aromatic N) is 1. The summed E-state index contributed by atoms with van der Waals surface area (Å²) in [5.41, 5.74) is 0.854. The molecule has 1 fully saturated rings. The molecular formula is C14H19ClFNO.